The third-order valence-corrected chi connectivity index (χ3v) is 10.5. The maximum Gasteiger partial charge on any atom is 0.316 e. The molecular weight excluding hydrogens is 592 g/mol. The van der Waals surface area contributed by atoms with Gasteiger partial charge in [0, 0.05) is 6.42 Å². The van der Waals surface area contributed by atoms with Crippen LogP contribution in [0.5, 0.6) is 0 Å². The lowest BCUT2D eigenvalue weighted by Crippen LogP contribution is -2.32. The second kappa shape index (κ2) is 37.1. The summed E-state index contributed by atoms with van der Waals surface area (Å²) in [7, 11) is 0. The number of ether oxygens (including phenoxy) is 1. The lowest BCUT2D eigenvalue weighted by molar-refractivity contribution is -0.156. The van der Waals surface area contributed by atoms with Crippen LogP contribution in [0.4, 0.5) is 0 Å². The van der Waals surface area contributed by atoms with Crippen LogP contribution in [0.1, 0.15) is 246 Å². The molecule has 2 unspecified atom stereocenters. The van der Waals surface area contributed by atoms with Gasteiger partial charge in [0.25, 0.3) is 0 Å². The van der Waals surface area contributed by atoms with Crippen molar-refractivity contribution in [3.8, 4) is 0 Å². The highest BCUT2D eigenvalue weighted by molar-refractivity contribution is 6.41. The molecule has 0 amide bonds. The maximum atomic E-state index is 13.3. The lowest BCUT2D eigenvalue weighted by Gasteiger charge is -2.18. The standard InChI is InChI=1S/C44H84O4/c1-5-9-12-14-16-18-20-22-24-26-28-30-32-34-37-41(44(47)48-39-40(8-4)36-11-7-3)43(46)42(45)38-35-33-31-29-27-25-23-21-19-17-15-13-10-6-2/h40-41H,5-39H2,1-4H3. The molecule has 0 aromatic heterocycles. The minimum Gasteiger partial charge on any atom is -0.465 e. The summed E-state index contributed by atoms with van der Waals surface area (Å²) < 4.78 is 5.71. The van der Waals surface area contributed by atoms with Crippen LogP contribution in [-0.4, -0.2) is 24.1 Å². The molecule has 48 heavy (non-hydrogen) atoms. The number of rotatable bonds is 39. The predicted octanol–water partition coefficient (Wildman–Crippen LogP) is 14.2. The van der Waals surface area contributed by atoms with Gasteiger partial charge < -0.3 is 4.74 Å². The van der Waals surface area contributed by atoms with E-state index in [4.69, 9.17) is 4.74 Å². The van der Waals surface area contributed by atoms with Gasteiger partial charge in [-0.15, -0.1) is 0 Å². The van der Waals surface area contributed by atoms with E-state index in [9.17, 15) is 14.4 Å². The van der Waals surface area contributed by atoms with E-state index >= 15 is 0 Å². The van der Waals surface area contributed by atoms with Crippen molar-refractivity contribution in [2.45, 2.75) is 246 Å². The number of unbranched alkanes of at least 4 members (excludes halogenated alkanes) is 27. The number of Topliss-reactive ketones (excluding diaryl/α,β-unsaturated/α-hetero) is 2. The number of esters is 1. The zero-order chi connectivity index (χ0) is 35.3. The molecular formula is C44H84O4. The smallest absolute Gasteiger partial charge is 0.316 e. The molecule has 0 spiro atoms. The molecule has 0 aromatic rings. The third kappa shape index (κ3) is 29.7. The molecule has 0 fully saturated rings. The third-order valence-electron chi connectivity index (χ3n) is 10.5. The molecule has 4 nitrogen and oxygen atoms in total. The Labute approximate surface area is 300 Å². The van der Waals surface area contributed by atoms with Crippen molar-refractivity contribution in [3.05, 3.63) is 0 Å². The van der Waals surface area contributed by atoms with Crippen molar-refractivity contribution in [1.29, 1.82) is 0 Å². The van der Waals surface area contributed by atoms with E-state index in [1.165, 1.54) is 141 Å². The highest BCUT2D eigenvalue weighted by Gasteiger charge is 2.32. The van der Waals surface area contributed by atoms with E-state index in [1.54, 1.807) is 0 Å². The van der Waals surface area contributed by atoms with Crippen LogP contribution in [-0.2, 0) is 19.1 Å². The molecule has 0 aliphatic heterocycles. The van der Waals surface area contributed by atoms with E-state index < -0.39 is 17.7 Å². The van der Waals surface area contributed by atoms with E-state index in [2.05, 4.69) is 27.7 Å². The van der Waals surface area contributed by atoms with Crippen molar-refractivity contribution in [3.63, 3.8) is 0 Å². The fourth-order valence-corrected chi connectivity index (χ4v) is 6.90. The summed E-state index contributed by atoms with van der Waals surface area (Å²) >= 11 is 0. The number of hydrogen-bond donors (Lipinski definition) is 0. The first-order valence-electron chi connectivity index (χ1n) is 21.7. The van der Waals surface area contributed by atoms with Crippen molar-refractivity contribution < 1.29 is 19.1 Å². The fraction of sp³-hybridized carbons (Fsp3) is 0.932. The van der Waals surface area contributed by atoms with Crippen LogP contribution >= 0.6 is 0 Å². The highest BCUT2D eigenvalue weighted by Crippen LogP contribution is 2.20. The molecule has 284 valence electrons. The summed E-state index contributed by atoms with van der Waals surface area (Å²) in [4.78, 5) is 39.3. The molecule has 4 heteroatoms. The molecule has 0 heterocycles. The number of carbonyl (C=O) groups excluding carboxylic acids is 3. The lowest BCUT2D eigenvalue weighted by atomic mass is 9.92. The topological polar surface area (TPSA) is 60.4 Å². The number of ketones is 2. The predicted molar refractivity (Wildman–Crippen MR) is 208 cm³/mol. The van der Waals surface area contributed by atoms with Gasteiger partial charge in [-0.2, -0.15) is 0 Å². The first-order chi connectivity index (χ1) is 23.5. The van der Waals surface area contributed by atoms with Gasteiger partial charge in [0.2, 0.25) is 5.78 Å². The highest BCUT2D eigenvalue weighted by atomic mass is 16.5. The zero-order valence-electron chi connectivity index (χ0n) is 33.0. The zero-order valence-corrected chi connectivity index (χ0v) is 33.0. The van der Waals surface area contributed by atoms with E-state index in [0.29, 0.717) is 18.9 Å². The molecule has 0 aliphatic rings. The van der Waals surface area contributed by atoms with Crippen LogP contribution in [0.15, 0.2) is 0 Å². The number of carbonyl (C=O) groups is 3. The maximum absolute atomic E-state index is 13.3. The largest absolute Gasteiger partial charge is 0.465 e. The Morgan fingerprint density at radius 3 is 1.15 bits per heavy atom. The Morgan fingerprint density at radius 1 is 0.417 bits per heavy atom. The van der Waals surface area contributed by atoms with Gasteiger partial charge in [0.15, 0.2) is 5.78 Å². The minimum absolute atomic E-state index is 0.271. The molecule has 0 N–H and O–H groups in total. The quantitative estimate of drug-likeness (QED) is 0.0281. The summed E-state index contributed by atoms with van der Waals surface area (Å²) in [6.45, 7) is 9.21. The molecule has 0 bridgehead atoms. The van der Waals surface area contributed by atoms with Gasteiger partial charge in [-0.1, -0.05) is 220 Å². The Balaban J connectivity index is 4.37. The van der Waals surface area contributed by atoms with Crippen molar-refractivity contribution in [2.24, 2.45) is 11.8 Å². The van der Waals surface area contributed by atoms with Gasteiger partial charge in [-0.25, -0.2) is 0 Å². The van der Waals surface area contributed by atoms with E-state index in [0.717, 1.165) is 64.2 Å². The van der Waals surface area contributed by atoms with E-state index in [1.807, 2.05) is 0 Å². The Bertz CT molecular complexity index is 717. The first kappa shape index (κ1) is 46.8. The second-order valence-electron chi connectivity index (χ2n) is 15.1. The molecule has 0 radical (unpaired) electrons. The van der Waals surface area contributed by atoms with Crippen LogP contribution < -0.4 is 0 Å². The van der Waals surface area contributed by atoms with Crippen molar-refractivity contribution >= 4 is 17.5 Å². The SMILES string of the molecule is CCCCCCCCCCCCCCCCC(=O)C(=O)C(CCCCCCCCCCCCCCCC)C(=O)OCC(CC)CCCC. The second-order valence-corrected chi connectivity index (χ2v) is 15.1. The monoisotopic (exact) mass is 677 g/mol. The molecule has 0 saturated heterocycles. The minimum atomic E-state index is -0.912. The Hall–Kier alpha value is -1.19. The summed E-state index contributed by atoms with van der Waals surface area (Å²) in [5, 5.41) is 0. The van der Waals surface area contributed by atoms with Gasteiger partial charge in [-0.3, -0.25) is 14.4 Å². The first-order valence-corrected chi connectivity index (χ1v) is 21.7. The van der Waals surface area contributed by atoms with Gasteiger partial charge in [0.1, 0.15) is 5.92 Å². The number of hydrogen-bond acceptors (Lipinski definition) is 4. The van der Waals surface area contributed by atoms with Crippen LogP contribution in [0, 0.1) is 11.8 Å². The molecule has 0 saturated carbocycles. The van der Waals surface area contributed by atoms with Crippen LogP contribution in [0.25, 0.3) is 0 Å². The molecule has 0 aliphatic carbocycles. The summed E-state index contributed by atoms with van der Waals surface area (Å²) in [5.41, 5.74) is 0. The normalized spacial score (nSPS) is 12.7. The fourth-order valence-electron chi connectivity index (χ4n) is 6.90. The van der Waals surface area contributed by atoms with E-state index in [-0.39, 0.29) is 12.2 Å². The summed E-state index contributed by atoms with van der Waals surface area (Å²) in [6, 6.07) is 0. The average molecular weight is 677 g/mol. The Kier molecular flexibility index (Phi) is 36.2. The average Bonchev–Trinajstić information content (AvgIpc) is 3.09. The van der Waals surface area contributed by atoms with Gasteiger partial charge in [0.05, 0.1) is 6.61 Å². The van der Waals surface area contributed by atoms with Crippen LogP contribution in [0.3, 0.4) is 0 Å². The molecule has 2 atom stereocenters. The van der Waals surface area contributed by atoms with Gasteiger partial charge in [-0.05, 0) is 25.2 Å². The molecule has 0 rings (SSSR count). The van der Waals surface area contributed by atoms with Crippen LogP contribution in [0.2, 0.25) is 0 Å². The summed E-state index contributed by atoms with van der Waals surface area (Å²) in [5.74, 6) is -1.90. The Morgan fingerprint density at radius 2 is 0.771 bits per heavy atom. The van der Waals surface area contributed by atoms with Crippen molar-refractivity contribution in [1.82, 2.24) is 0 Å². The summed E-state index contributed by atoms with van der Waals surface area (Å²) in [6.07, 6.45) is 40.3. The van der Waals surface area contributed by atoms with Gasteiger partial charge >= 0.3 is 5.97 Å². The molecule has 0 aromatic carbocycles. The van der Waals surface area contributed by atoms with Crippen molar-refractivity contribution in [2.75, 3.05) is 6.61 Å².